The highest BCUT2D eigenvalue weighted by Crippen LogP contribution is 2.25. The Balaban J connectivity index is 1.82. The molecule has 1 aliphatic heterocycles. The van der Waals surface area contributed by atoms with E-state index >= 15 is 0 Å². The third-order valence-corrected chi connectivity index (χ3v) is 4.09. The maximum atomic E-state index is 12.5. The molecule has 0 unspecified atom stereocenters. The number of hydrogen-bond acceptors (Lipinski definition) is 3. The molecule has 1 amide bonds. The van der Waals surface area contributed by atoms with Crippen molar-refractivity contribution in [3.8, 4) is 0 Å². The van der Waals surface area contributed by atoms with E-state index in [-0.39, 0.29) is 12.3 Å². The Morgan fingerprint density at radius 2 is 2.00 bits per heavy atom. The second-order valence-electron chi connectivity index (χ2n) is 5.69. The van der Waals surface area contributed by atoms with Gasteiger partial charge in [-0.1, -0.05) is 18.2 Å². The van der Waals surface area contributed by atoms with Gasteiger partial charge in [0.05, 0.1) is 12.0 Å². The van der Waals surface area contributed by atoms with Gasteiger partial charge in [0.25, 0.3) is 5.91 Å². The third kappa shape index (κ3) is 2.96. The molecular formula is C16H18N2O4. The van der Waals surface area contributed by atoms with Crippen molar-refractivity contribution < 1.29 is 19.4 Å². The number of benzene rings is 1. The van der Waals surface area contributed by atoms with E-state index in [2.05, 4.69) is 10.3 Å². The van der Waals surface area contributed by atoms with Gasteiger partial charge < -0.3 is 20.1 Å². The zero-order chi connectivity index (χ0) is 15.6. The van der Waals surface area contributed by atoms with Crippen LogP contribution in [0.25, 0.3) is 10.9 Å². The van der Waals surface area contributed by atoms with Crippen molar-refractivity contribution in [1.82, 2.24) is 10.3 Å². The molecule has 116 valence electrons. The van der Waals surface area contributed by atoms with E-state index in [0.717, 1.165) is 10.9 Å². The number of fused-ring (bicyclic) bond motifs is 1. The fourth-order valence-electron chi connectivity index (χ4n) is 2.90. The molecule has 1 fully saturated rings. The molecule has 0 radical (unpaired) electrons. The first-order valence-corrected chi connectivity index (χ1v) is 7.28. The van der Waals surface area contributed by atoms with Crippen LogP contribution in [0.15, 0.2) is 30.3 Å². The van der Waals surface area contributed by atoms with E-state index in [1.165, 1.54) is 0 Å². The molecule has 2 heterocycles. The summed E-state index contributed by atoms with van der Waals surface area (Å²) in [6, 6.07) is 9.39. The standard InChI is InChI=1S/C16H18N2O4/c19-14(20)10-16(5-7-22-8-6-16)18-15(21)13-9-11-3-1-2-4-12(11)17-13/h1-4,9,17H,5-8,10H2,(H,18,21)(H,19,20). The van der Waals surface area contributed by atoms with Crippen LogP contribution in [0.5, 0.6) is 0 Å². The molecule has 2 aromatic rings. The fraction of sp³-hybridized carbons (Fsp3) is 0.375. The van der Waals surface area contributed by atoms with Gasteiger partial charge in [-0.05, 0) is 25.0 Å². The fourth-order valence-corrected chi connectivity index (χ4v) is 2.90. The molecule has 1 aliphatic rings. The number of aliphatic carboxylic acids is 1. The van der Waals surface area contributed by atoms with Gasteiger partial charge in [-0.2, -0.15) is 0 Å². The molecule has 6 heteroatoms. The lowest BCUT2D eigenvalue weighted by atomic mass is 9.86. The van der Waals surface area contributed by atoms with Gasteiger partial charge in [0, 0.05) is 24.1 Å². The van der Waals surface area contributed by atoms with E-state index < -0.39 is 11.5 Å². The minimum absolute atomic E-state index is 0.0949. The van der Waals surface area contributed by atoms with Gasteiger partial charge in [-0.3, -0.25) is 9.59 Å². The van der Waals surface area contributed by atoms with Crippen LogP contribution in [0.1, 0.15) is 29.8 Å². The molecule has 1 saturated heterocycles. The minimum atomic E-state index is -0.918. The van der Waals surface area contributed by atoms with Gasteiger partial charge in [0.1, 0.15) is 5.69 Å². The van der Waals surface area contributed by atoms with Crippen molar-refractivity contribution in [2.75, 3.05) is 13.2 Å². The summed E-state index contributed by atoms with van der Waals surface area (Å²) in [6.07, 6.45) is 0.916. The van der Waals surface area contributed by atoms with E-state index in [1.54, 1.807) is 6.07 Å². The minimum Gasteiger partial charge on any atom is -0.481 e. The predicted octanol–water partition coefficient (Wildman–Crippen LogP) is 1.92. The molecule has 1 aromatic carbocycles. The monoisotopic (exact) mass is 302 g/mol. The summed E-state index contributed by atoms with van der Waals surface area (Å²) in [6.45, 7) is 0.917. The van der Waals surface area contributed by atoms with Crippen molar-refractivity contribution in [3.63, 3.8) is 0 Å². The number of carboxylic acids is 1. The smallest absolute Gasteiger partial charge is 0.305 e. The number of amides is 1. The molecular weight excluding hydrogens is 284 g/mol. The first kappa shape index (κ1) is 14.6. The third-order valence-electron chi connectivity index (χ3n) is 4.09. The Morgan fingerprint density at radius 3 is 2.68 bits per heavy atom. The number of aromatic amines is 1. The number of hydrogen-bond donors (Lipinski definition) is 3. The molecule has 0 bridgehead atoms. The van der Waals surface area contributed by atoms with Crippen LogP contribution in [0, 0.1) is 0 Å². The zero-order valence-corrected chi connectivity index (χ0v) is 12.1. The lowest BCUT2D eigenvalue weighted by molar-refractivity contribution is -0.139. The Labute approximate surface area is 127 Å². The number of rotatable bonds is 4. The van der Waals surface area contributed by atoms with Gasteiger partial charge in [-0.15, -0.1) is 0 Å². The summed E-state index contributed by atoms with van der Waals surface area (Å²) < 4.78 is 5.29. The maximum Gasteiger partial charge on any atom is 0.305 e. The van der Waals surface area contributed by atoms with Crippen LogP contribution < -0.4 is 5.32 Å². The van der Waals surface area contributed by atoms with Crippen LogP contribution >= 0.6 is 0 Å². The SMILES string of the molecule is O=C(O)CC1(NC(=O)c2cc3ccccc3[nH]2)CCOCC1. The van der Waals surface area contributed by atoms with Crippen LogP contribution in [0.3, 0.4) is 0 Å². The van der Waals surface area contributed by atoms with E-state index in [0.29, 0.717) is 31.7 Å². The highest BCUT2D eigenvalue weighted by Gasteiger charge is 2.36. The summed E-state index contributed by atoms with van der Waals surface area (Å²) in [5.41, 5.74) is 0.586. The Bertz CT molecular complexity index is 668. The van der Waals surface area contributed by atoms with Crippen LogP contribution in [0.4, 0.5) is 0 Å². The van der Waals surface area contributed by atoms with Crippen molar-refractivity contribution in [3.05, 3.63) is 36.0 Å². The van der Waals surface area contributed by atoms with Crippen LogP contribution in [-0.2, 0) is 9.53 Å². The average molecular weight is 302 g/mol. The second kappa shape index (κ2) is 5.81. The largest absolute Gasteiger partial charge is 0.481 e. The van der Waals surface area contributed by atoms with E-state index in [4.69, 9.17) is 9.84 Å². The number of carboxylic acid groups (broad SMARTS) is 1. The van der Waals surface area contributed by atoms with Crippen molar-refractivity contribution >= 4 is 22.8 Å². The van der Waals surface area contributed by atoms with E-state index in [9.17, 15) is 9.59 Å². The predicted molar refractivity (Wildman–Crippen MR) is 80.8 cm³/mol. The zero-order valence-electron chi connectivity index (χ0n) is 12.1. The number of nitrogens with one attached hydrogen (secondary N) is 2. The summed E-state index contributed by atoms with van der Waals surface area (Å²) in [5.74, 6) is -1.20. The first-order valence-electron chi connectivity index (χ1n) is 7.28. The van der Waals surface area contributed by atoms with Gasteiger partial charge in [-0.25, -0.2) is 0 Å². The van der Waals surface area contributed by atoms with Crippen molar-refractivity contribution in [2.45, 2.75) is 24.8 Å². The van der Waals surface area contributed by atoms with E-state index in [1.807, 2.05) is 24.3 Å². The lowest BCUT2D eigenvalue weighted by Gasteiger charge is -2.36. The van der Waals surface area contributed by atoms with Crippen molar-refractivity contribution in [1.29, 1.82) is 0 Å². The first-order chi connectivity index (χ1) is 10.6. The average Bonchev–Trinajstić information content (AvgIpc) is 2.91. The molecule has 3 rings (SSSR count). The Hall–Kier alpha value is -2.34. The van der Waals surface area contributed by atoms with Gasteiger partial charge in [0.15, 0.2) is 0 Å². The molecule has 6 nitrogen and oxygen atoms in total. The number of carbonyl (C=O) groups excluding carboxylic acids is 1. The van der Waals surface area contributed by atoms with Gasteiger partial charge in [0.2, 0.25) is 0 Å². The number of ether oxygens (including phenoxy) is 1. The molecule has 22 heavy (non-hydrogen) atoms. The summed E-state index contributed by atoms with van der Waals surface area (Å²) in [4.78, 5) is 26.7. The molecule has 0 spiro atoms. The van der Waals surface area contributed by atoms with Crippen LogP contribution in [-0.4, -0.2) is 40.7 Å². The normalized spacial score (nSPS) is 17.3. The highest BCUT2D eigenvalue weighted by atomic mass is 16.5. The molecule has 0 aliphatic carbocycles. The summed E-state index contributed by atoms with van der Waals surface area (Å²) in [7, 11) is 0. The Kier molecular flexibility index (Phi) is 3.85. The Morgan fingerprint density at radius 1 is 1.27 bits per heavy atom. The van der Waals surface area contributed by atoms with Crippen LogP contribution in [0.2, 0.25) is 0 Å². The number of H-pyrrole nitrogens is 1. The lowest BCUT2D eigenvalue weighted by Crippen LogP contribution is -2.53. The topological polar surface area (TPSA) is 91.4 Å². The number of carbonyl (C=O) groups is 2. The maximum absolute atomic E-state index is 12.5. The number of para-hydroxylation sites is 1. The molecule has 1 aromatic heterocycles. The molecule has 0 saturated carbocycles. The van der Waals surface area contributed by atoms with Crippen molar-refractivity contribution in [2.24, 2.45) is 0 Å². The second-order valence-corrected chi connectivity index (χ2v) is 5.69. The molecule has 0 atom stereocenters. The highest BCUT2D eigenvalue weighted by molar-refractivity contribution is 5.98. The van der Waals surface area contributed by atoms with Gasteiger partial charge >= 0.3 is 5.97 Å². The molecule has 3 N–H and O–H groups in total. The quantitative estimate of drug-likeness (QED) is 0.804. The summed E-state index contributed by atoms with van der Waals surface area (Å²) in [5, 5.41) is 13.0. The summed E-state index contributed by atoms with van der Waals surface area (Å²) >= 11 is 0. The number of aromatic nitrogens is 1.